The molecule has 2 aromatic rings. The van der Waals surface area contributed by atoms with Crippen LogP contribution < -0.4 is 5.32 Å². The van der Waals surface area contributed by atoms with Crippen molar-refractivity contribution in [1.29, 1.82) is 0 Å². The highest BCUT2D eigenvalue weighted by molar-refractivity contribution is 7.11. The van der Waals surface area contributed by atoms with Crippen LogP contribution in [-0.4, -0.2) is 31.2 Å². The van der Waals surface area contributed by atoms with E-state index in [0.29, 0.717) is 4.88 Å². The van der Waals surface area contributed by atoms with E-state index < -0.39 is 31.2 Å². The number of nitrogens with one attached hydrogen (secondary N) is 1. The van der Waals surface area contributed by atoms with Crippen LogP contribution in [0.3, 0.4) is 0 Å². The molecule has 2 rings (SSSR count). The van der Waals surface area contributed by atoms with E-state index in [4.69, 9.17) is 4.74 Å². The minimum Gasteiger partial charge on any atom is -0.452 e. The number of ether oxygens (including phenoxy) is 1. The van der Waals surface area contributed by atoms with Crippen LogP contribution in [0.25, 0.3) is 11.6 Å². The number of amides is 1. The molecule has 1 aromatic carbocycles. The first-order chi connectivity index (χ1) is 12.2. The van der Waals surface area contributed by atoms with Gasteiger partial charge < -0.3 is 10.1 Å². The lowest BCUT2D eigenvalue weighted by Crippen LogP contribution is -2.36. The molecule has 4 nitrogen and oxygen atoms in total. The Hall–Kier alpha value is -2.61. The third-order valence-electron chi connectivity index (χ3n) is 3.18. The average Bonchev–Trinajstić information content (AvgIpc) is 3.09. The van der Waals surface area contributed by atoms with Crippen molar-refractivity contribution in [2.75, 3.05) is 13.2 Å². The molecule has 0 fully saturated rings. The second kappa shape index (κ2) is 8.66. The topological polar surface area (TPSA) is 55.4 Å². The van der Waals surface area contributed by atoms with E-state index in [1.54, 1.807) is 28.9 Å². The fourth-order valence-corrected chi connectivity index (χ4v) is 2.78. The summed E-state index contributed by atoms with van der Waals surface area (Å²) in [4.78, 5) is 24.4. The van der Waals surface area contributed by atoms with Crippen molar-refractivity contribution < 1.29 is 27.5 Å². The predicted molar refractivity (Wildman–Crippen MR) is 93.4 cm³/mol. The molecule has 1 N–H and O–H groups in total. The Morgan fingerprint density at radius 1 is 1.23 bits per heavy atom. The maximum atomic E-state index is 12.4. The van der Waals surface area contributed by atoms with Gasteiger partial charge in [0.05, 0.1) is 5.57 Å². The van der Waals surface area contributed by atoms with Crippen molar-refractivity contribution in [3.05, 3.63) is 57.8 Å². The van der Waals surface area contributed by atoms with Crippen molar-refractivity contribution in [3.63, 3.8) is 0 Å². The van der Waals surface area contributed by atoms with Crippen LogP contribution in [0.5, 0.6) is 0 Å². The first-order valence-electron chi connectivity index (χ1n) is 7.57. The maximum Gasteiger partial charge on any atom is 0.405 e. The van der Waals surface area contributed by atoms with E-state index >= 15 is 0 Å². The zero-order valence-corrected chi connectivity index (χ0v) is 14.6. The number of thiophene rings is 1. The summed E-state index contributed by atoms with van der Waals surface area (Å²) in [6.45, 7) is -0.350. The number of carbonyl (C=O) groups is 2. The lowest BCUT2D eigenvalue weighted by atomic mass is 10.1. The van der Waals surface area contributed by atoms with Crippen molar-refractivity contribution >= 4 is 34.9 Å². The van der Waals surface area contributed by atoms with Gasteiger partial charge in [-0.2, -0.15) is 13.2 Å². The van der Waals surface area contributed by atoms with Gasteiger partial charge in [-0.1, -0.05) is 35.9 Å². The van der Waals surface area contributed by atoms with E-state index in [1.807, 2.05) is 31.2 Å². The van der Waals surface area contributed by atoms with E-state index in [0.717, 1.165) is 11.1 Å². The molecule has 26 heavy (non-hydrogen) atoms. The maximum absolute atomic E-state index is 12.4. The Kier molecular flexibility index (Phi) is 6.57. The summed E-state index contributed by atoms with van der Waals surface area (Å²) < 4.78 is 41.1. The normalized spacial score (nSPS) is 11.9. The number of rotatable bonds is 6. The van der Waals surface area contributed by atoms with Gasteiger partial charge in [-0.3, -0.25) is 4.79 Å². The summed E-state index contributed by atoms with van der Waals surface area (Å²) in [6, 6.07) is 10.9. The molecule has 0 saturated heterocycles. The molecule has 1 heterocycles. The summed E-state index contributed by atoms with van der Waals surface area (Å²) in [7, 11) is 0. The predicted octanol–water partition coefficient (Wildman–Crippen LogP) is 3.82. The third kappa shape index (κ3) is 6.36. The van der Waals surface area contributed by atoms with Gasteiger partial charge in [0.1, 0.15) is 6.54 Å². The SMILES string of the molecule is Cc1cccc(/C=C(/C(=O)OCC(=O)NCC(F)(F)F)c2cccs2)c1. The quantitative estimate of drug-likeness (QED) is 0.610. The second-order valence-corrected chi connectivity index (χ2v) is 6.37. The Balaban J connectivity index is 2.09. The number of esters is 1. The lowest BCUT2D eigenvalue weighted by molar-refractivity contribution is -0.147. The summed E-state index contributed by atoms with van der Waals surface area (Å²) >= 11 is 1.31. The second-order valence-electron chi connectivity index (χ2n) is 5.42. The monoisotopic (exact) mass is 383 g/mol. The van der Waals surface area contributed by atoms with E-state index in [-0.39, 0.29) is 5.57 Å². The summed E-state index contributed by atoms with van der Waals surface area (Å²) in [5.41, 5.74) is 2.00. The van der Waals surface area contributed by atoms with Gasteiger partial charge in [0.2, 0.25) is 0 Å². The number of hydrogen-bond acceptors (Lipinski definition) is 4. The zero-order valence-electron chi connectivity index (χ0n) is 13.8. The van der Waals surface area contributed by atoms with E-state index in [1.165, 1.54) is 11.3 Å². The van der Waals surface area contributed by atoms with Crippen LogP contribution in [-0.2, 0) is 14.3 Å². The van der Waals surface area contributed by atoms with Crippen molar-refractivity contribution in [2.24, 2.45) is 0 Å². The standard InChI is InChI=1S/C18H16F3NO3S/c1-12-4-2-5-13(8-12)9-14(15-6-3-7-26-15)17(24)25-10-16(23)22-11-18(19,20)21/h2-9H,10-11H2,1H3,(H,22,23)/b14-9+. The van der Waals surface area contributed by atoms with Gasteiger partial charge in [-0.05, 0) is 30.0 Å². The molecule has 0 aliphatic carbocycles. The smallest absolute Gasteiger partial charge is 0.405 e. The third-order valence-corrected chi connectivity index (χ3v) is 4.08. The van der Waals surface area contributed by atoms with Gasteiger partial charge in [0, 0.05) is 4.88 Å². The van der Waals surface area contributed by atoms with Gasteiger partial charge in [-0.25, -0.2) is 4.79 Å². The first kappa shape index (κ1) is 19.7. The molecular formula is C18H16F3NO3S. The van der Waals surface area contributed by atoms with Gasteiger partial charge >= 0.3 is 12.1 Å². The minimum atomic E-state index is -4.52. The molecule has 0 saturated carbocycles. The zero-order chi connectivity index (χ0) is 19.2. The van der Waals surface area contributed by atoms with Crippen LogP contribution in [0.2, 0.25) is 0 Å². The molecule has 0 bridgehead atoms. The highest BCUT2D eigenvalue weighted by Crippen LogP contribution is 2.24. The molecule has 8 heteroatoms. The number of aryl methyl sites for hydroxylation is 1. The number of benzene rings is 1. The van der Waals surface area contributed by atoms with Crippen LogP contribution in [0.4, 0.5) is 13.2 Å². The molecule has 0 atom stereocenters. The van der Waals surface area contributed by atoms with E-state index in [9.17, 15) is 22.8 Å². The number of carbonyl (C=O) groups excluding carboxylic acids is 2. The highest BCUT2D eigenvalue weighted by Gasteiger charge is 2.28. The van der Waals surface area contributed by atoms with Gasteiger partial charge in [0.25, 0.3) is 5.91 Å². The van der Waals surface area contributed by atoms with Crippen LogP contribution >= 0.6 is 11.3 Å². The Morgan fingerprint density at radius 3 is 2.62 bits per heavy atom. The van der Waals surface area contributed by atoms with Gasteiger partial charge in [-0.15, -0.1) is 11.3 Å². The molecule has 0 aliphatic heterocycles. The largest absolute Gasteiger partial charge is 0.452 e. The van der Waals surface area contributed by atoms with Crippen molar-refractivity contribution in [2.45, 2.75) is 13.1 Å². The van der Waals surface area contributed by atoms with E-state index in [2.05, 4.69) is 0 Å². The summed E-state index contributed by atoms with van der Waals surface area (Å²) in [5, 5.41) is 3.43. The molecule has 138 valence electrons. The average molecular weight is 383 g/mol. The molecule has 0 aliphatic rings. The lowest BCUT2D eigenvalue weighted by Gasteiger charge is -2.10. The van der Waals surface area contributed by atoms with Crippen LogP contribution in [0.1, 0.15) is 16.0 Å². The Morgan fingerprint density at radius 2 is 2.00 bits per heavy atom. The first-order valence-corrected chi connectivity index (χ1v) is 8.45. The molecule has 1 amide bonds. The fourth-order valence-electron chi connectivity index (χ4n) is 2.05. The highest BCUT2D eigenvalue weighted by atomic mass is 32.1. The molecule has 0 spiro atoms. The minimum absolute atomic E-state index is 0.231. The summed E-state index contributed by atoms with van der Waals surface area (Å²) in [5.74, 6) is -1.80. The molecule has 0 unspecified atom stereocenters. The van der Waals surface area contributed by atoms with Crippen molar-refractivity contribution in [3.8, 4) is 0 Å². The fraction of sp³-hybridized carbons (Fsp3) is 0.222. The van der Waals surface area contributed by atoms with Gasteiger partial charge in [0.15, 0.2) is 6.61 Å². The Labute approximate surface area is 152 Å². The number of alkyl halides is 3. The van der Waals surface area contributed by atoms with Crippen LogP contribution in [0, 0.1) is 6.92 Å². The number of halogens is 3. The van der Waals surface area contributed by atoms with Crippen molar-refractivity contribution in [1.82, 2.24) is 5.32 Å². The number of hydrogen-bond donors (Lipinski definition) is 1. The molecular weight excluding hydrogens is 367 g/mol. The Bertz CT molecular complexity index is 798. The summed E-state index contributed by atoms with van der Waals surface area (Å²) in [6.07, 6.45) is -2.90. The molecule has 0 radical (unpaired) electrons. The van der Waals surface area contributed by atoms with Crippen LogP contribution in [0.15, 0.2) is 41.8 Å². The molecule has 1 aromatic heterocycles.